The number of benzene rings is 3. The molecule has 1 aliphatic rings. The molecule has 1 heterocycles. The molecule has 0 radical (unpaired) electrons. The number of fused-ring (bicyclic) bond motifs is 1. The lowest BCUT2D eigenvalue weighted by Gasteiger charge is -2.16. The fraction of sp³-hybridized carbons (Fsp3) is 0.261. The van der Waals surface area contributed by atoms with Gasteiger partial charge in [0.25, 0.3) is 0 Å². The van der Waals surface area contributed by atoms with E-state index in [9.17, 15) is 4.79 Å². The summed E-state index contributed by atoms with van der Waals surface area (Å²) in [6, 6.07) is 26.2. The van der Waals surface area contributed by atoms with Crippen molar-refractivity contribution < 1.29 is 9.53 Å². The Balaban J connectivity index is 1.69. The number of nitrogens with zero attached hydrogens (tertiary/aromatic N) is 1. The standard InChI is InChI=1S/C23H23NO2/c1-16(18-9-4-3-5-10-18)24-22(15-26-17(2)25)23(24)21-14-8-12-19-11-6-7-13-20(19)21/h3-14,16,22-23H,15H2,1-2H3/t16-,22+,23-,24?/m1/s1. The minimum atomic E-state index is -0.221. The molecule has 0 aromatic heterocycles. The number of hydrogen-bond acceptors (Lipinski definition) is 3. The van der Waals surface area contributed by atoms with Crippen molar-refractivity contribution in [3.05, 3.63) is 83.9 Å². The van der Waals surface area contributed by atoms with Gasteiger partial charge < -0.3 is 4.74 Å². The van der Waals surface area contributed by atoms with Crippen LogP contribution in [0.5, 0.6) is 0 Å². The maximum absolute atomic E-state index is 11.3. The highest BCUT2D eigenvalue weighted by Crippen LogP contribution is 2.51. The third kappa shape index (κ3) is 3.11. The van der Waals surface area contributed by atoms with Crippen LogP contribution in [0.25, 0.3) is 10.8 Å². The topological polar surface area (TPSA) is 29.3 Å². The van der Waals surface area contributed by atoms with Gasteiger partial charge in [0.2, 0.25) is 0 Å². The highest BCUT2D eigenvalue weighted by molar-refractivity contribution is 5.86. The molecule has 1 aliphatic heterocycles. The summed E-state index contributed by atoms with van der Waals surface area (Å²) in [5, 5.41) is 2.52. The van der Waals surface area contributed by atoms with Crippen molar-refractivity contribution in [1.29, 1.82) is 0 Å². The van der Waals surface area contributed by atoms with E-state index in [1.807, 2.05) is 6.07 Å². The van der Waals surface area contributed by atoms with Crippen molar-refractivity contribution in [3.63, 3.8) is 0 Å². The SMILES string of the molecule is CC(=O)OC[C@H]1[C@@H](c2cccc3ccccc23)N1[C@H](C)c1ccccc1. The summed E-state index contributed by atoms with van der Waals surface area (Å²) in [5.74, 6) is -0.221. The quantitative estimate of drug-likeness (QED) is 0.487. The molecule has 0 amide bonds. The number of ether oxygens (including phenoxy) is 1. The minimum Gasteiger partial charge on any atom is -0.464 e. The normalized spacial score (nSPS) is 22.8. The molecule has 3 aromatic rings. The van der Waals surface area contributed by atoms with E-state index >= 15 is 0 Å². The lowest BCUT2D eigenvalue weighted by atomic mass is 10.0. The van der Waals surface area contributed by atoms with E-state index in [0.29, 0.717) is 6.61 Å². The zero-order valence-corrected chi connectivity index (χ0v) is 15.1. The van der Waals surface area contributed by atoms with Crippen LogP contribution in [0.3, 0.4) is 0 Å². The first-order valence-electron chi connectivity index (χ1n) is 9.10. The second-order valence-corrected chi connectivity index (χ2v) is 6.92. The van der Waals surface area contributed by atoms with Gasteiger partial charge in [-0.25, -0.2) is 0 Å². The first-order valence-corrected chi connectivity index (χ1v) is 9.10. The van der Waals surface area contributed by atoms with Gasteiger partial charge in [-0.1, -0.05) is 72.8 Å². The van der Waals surface area contributed by atoms with Crippen molar-refractivity contribution in [1.82, 2.24) is 4.90 Å². The predicted molar refractivity (Wildman–Crippen MR) is 104 cm³/mol. The average Bonchev–Trinajstić information content (AvgIpc) is 3.40. The van der Waals surface area contributed by atoms with Crippen LogP contribution in [0, 0.1) is 0 Å². The van der Waals surface area contributed by atoms with Crippen LogP contribution in [-0.2, 0) is 9.53 Å². The van der Waals surface area contributed by atoms with E-state index in [1.165, 1.54) is 28.8 Å². The summed E-state index contributed by atoms with van der Waals surface area (Å²) in [6.07, 6.45) is 0. The van der Waals surface area contributed by atoms with Crippen LogP contribution in [0.15, 0.2) is 72.8 Å². The van der Waals surface area contributed by atoms with Gasteiger partial charge in [0.15, 0.2) is 0 Å². The third-order valence-corrected chi connectivity index (χ3v) is 5.31. The van der Waals surface area contributed by atoms with Gasteiger partial charge >= 0.3 is 5.97 Å². The lowest BCUT2D eigenvalue weighted by molar-refractivity contribution is -0.141. The van der Waals surface area contributed by atoms with Crippen molar-refractivity contribution in [2.24, 2.45) is 0 Å². The Bertz CT molecular complexity index is 916. The van der Waals surface area contributed by atoms with E-state index in [0.717, 1.165) is 0 Å². The monoisotopic (exact) mass is 345 g/mol. The maximum Gasteiger partial charge on any atom is 0.302 e. The molecule has 0 spiro atoms. The molecular formula is C23H23NO2. The van der Waals surface area contributed by atoms with Gasteiger partial charge in [-0.15, -0.1) is 0 Å². The Morgan fingerprint density at radius 1 is 1.00 bits per heavy atom. The molecule has 0 saturated carbocycles. The smallest absolute Gasteiger partial charge is 0.302 e. The summed E-state index contributed by atoms with van der Waals surface area (Å²) in [4.78, 5) is 13.8. The number of carbonyl (C=O) groups excluding carboxylic acids is 1. The van der Waals surface area contributed by atoms with Gasteiger partial charge in [-0.2, -0.15) is 0 Å². The van der Waals surface area contributed by atoms with E-state index in [1.54, 1.807) is 0 Å². The molecule has 3 aromatic carbocycles. The molecular weight excluding hydrogens is 322 g/mol. The second-order valence-electron chi connectivity index (χ2n) is 6.92. The minimum absolute atomic E-state index is 0.208. The number of esters is 1. The molecule has 26 heavy (non-hydrogen) atoms. The van der Waals surface area contributed by atoms with Crippen molar-refractivity contribution >= 4 is 16.7 Å². The number of rotatable bonds is 5. The molecule has 3 heteroatoms. The zero-order chi connectivity index (χ0) is 18.1. The highest BCUT2D eigenvalue weighted by Gasteiger charge is 2.52. The van der Waals surface area contributed by atoms with Gasteiger partial charge in [-0.05, 0) is 28.8 Å². The van der Waals surface area contributed by atoms with Gasteiger partial charge in [-0.3, -0.25) is 9.69 Å². The molecule has 1 unspecified atom stereocenters. The Morgan fingerprint density at radius 3 is 2.46 bits per heavy atom. The summed E-state index contributed by atoms with van der Waals surface area (Å²) in [6.45, 7) is 4.13. The average molecular weight is 345 g/mol. The van der Waals surface area contributed by atoms with Crippen molar-refractivity contribution in [2.45, 2.75) is 32.0 Å². The molecule has 0 aliphatic carbocycles. The van der Waals surface area contributed by atoms with Crippen LogP contribution < -0.4 is 0 Å². The Labute approximate surface area is 154 Å². The van der Waals surface area contributed by atoms with Crippen LogP contribution >= 0.6 is 0 Å². The summed E-state index contributed by atoms with van der Waals surface area (Å²) >= 11 is 0. The molecule has 4 rings (SSSR count). The molecule has 4 atom stereocenters. The van der Waals surface area contributed by atoms with E-state index in [2.05, 4.69) is 78.6 Å². The lowest BCUT2D eigenvalue weighted by Crippen LogP contribution is -2.14. The molecule has 0 bridgehead atoms. The van der Waals surface area contributed by atoms with Crippen LogP contribution in [0.2, 0.25) is 0 Å². The van der Waals surface area contributed by atoms with E-state index in [-0.39, 0.29) is 24.1 Å². The molecule has 1 saturated heterocycles. The van der Waals surface area contributed by atoms with E-state index in [4.69, 9.17) is 4.74 Å². The fourth-order valence-electron chi connectivity index (χ4n) is 3.99. The highest BCUT2D eigenvalue weighted by atomic mass is 16.5. The fourth-order valence-corrected chi connectivity index (χ4v) is 3.99. The van der Waals surface area contributed by atoms with Gasteiger partial charge in [0.1, 0.15) is 6.61 Å². The zero-order valence-electron chi connectivity index (χ0n) is 15.1. The number of carbonyl (C=O) groups is 1. The molecule has 3 nitrogen and oxygen atoms in total. The summed E-state index contributed by atoms with van der Waals surface area (Å²) in [5.41, 5.74) is 2.59. The first kappa shape index (κ1) is 16.8. The van der Waals surface area contributed by atoms with Crippen LogP contribution in [-0.4, -0.2) is 23.5 Å². The Morgan fingerprint density at radius 2 is 1.69 bits per heavy atom. The predicted octanol–water partition coefficient (Wildman–Crippen LogP) is 4.89. The van der Waals surface area contributed by atoms with E-state index < -0.39 is 0 Å². The van der Waals surface area contributed by atoms with Crippen molar-refractivity contribution in [2.75, 3.05) is 6.61 Å². The van der Waals surface area contributed by atoms with Crippen LogP contribution in [0.4, 0.5) is 0 Å². The van der Waals surface area contributed by atoms with Gasteiger partial charge in [0.05, 0.1) is 12.1 Å². The Hall–Kier alpha value is -2.65. The largest absolute Gasteiger partial charge is 0.464 e. The molecule has 132 valence electrons. The number of hydrogen-bond donors (Lipinski definition) is 0. The van der Waals surface area contributed by atoms with Gasteiger partial charge in [0, 0.05) is 13.0 Å². The summed E-state index contributed by atoms with van der Waals surface area (Å²) in [7, 11) is 0. The maximum atomic E-state index is 11.3. The van der Waals surface area contributed by atoms with Crippen LogP contribution in [0.1, 0.15) is 37.1 Å². The molecule has 0 N–H and O–H groups in total. The van der Waals surface area contributed by atoms with Crippen molar-refractivity contribution in [3.8, 4) is 0 Å². The molecule has 1 fully saturated rings. The Kier molecular flexibility index (Phi) is 4.48. The third-order valence-electron chi connectivity index (χ3n) is 5.31. The summed E-state index contributed by atoms with van der Waals surface area (Å²) < 4.78 is 5.37. The first-order chi connectivity index (χ1) is 12.7. The second kappa shape index (κ2) is 6.93.